The van der Waals surface area contributed by atoms with Crippen LogP contribution in [0.15, 0.2) is 33.5 Å². The van der Waals surface area contributed by atoms with E-state index in [-0.39, 0.29) is 6.10 Å². The van der Waals surface area contributed by atoms with Gasteiger partial charge in [0.05, 0.1) is 6.10 Å². The number of ether oxygens (including phenoxy) is 1. The third-order valence-corrected chi connectivity index (χ3v) is 3.19. The Bertz CT molecular complexity index is 699. The van der Waals surface area contributed by atoms with Gasteiger partial charge in [-0.1, -0.05) is 5.16 Å². The van der Waals surface area contributed by atoms with Crippen LogP contribution in [-0.4, -0.2) is 34.3 Å². The van der Waals surface area contributed by atoms with Crippen LogP contribution in [-0.2, 0) is 11.3 Å². The van der Waals surface area contributed by atoms with Gasteiger partial charge >= 0.3 is 0 Å². The molecular weight excluding hydrogens is 260 g/mol. The largest absolute Gasteiger partial charge is 0.452 e. The van der Waals surface area contributed by atoms with Crippen molar-refractivity contribution in [2.24, 2.45) is 0 Å². The molecule has 0 spiro atoms. The van der Waals surface area contributed by atoms with Crippen molar-refractivity contribution in [2.45, 2.75) is 12.7 Å². The fourth-order valence-electron chi connectivity index (χ4n) is 1.98. The molecule has 0 aromatic carbocycles. The minimum atomic E-state index is 0.239. The average molecular weight is 272 g/mol. The van der Waals surface area contributed by atoms with Crippen molar-refractivity contribution in [2.75, 3.05) is 13.1 Å². The molecule has 1 saturated heterocycles. The molecule has 0 bridgehead atoms. The Labute approximate surface area is 113 Å². The molecule has 1 fully saturated rings. The molecular formula is C13H12N4O3. The van der Waals surface area contributed by atoms with Crippen LogP contribution in [0.1, 0.15) is 5.89 Å². The second kappa shape index (κ2) is 4.69. The quantitative estimate of drug-likeness (QED) is 0.767. The number of rotatable bonds is 4. The predicted octanol–water partition coefficient (Wildman–Crippen LogP) is 1.37. The first-order chi connectivity index (χ1) is 9.88. The summed E-state index contributed by atoms with van der Waals surface area (Å²) in [6.45, 7) is 2.07. The summed E-state index contributed by atoms with van der Waals surface area (Å²) in [6, 6.07) is 3.64. The maximum absolute atomic E-state index is 5.65. The molecule has 1 aliphatic heterocycles. The second-order valence-electron chi connectivity index (χ2n) is 4.63. The number of furan rings is 1. The maximum Gasteiger partial charge on any atom is 0.253 e. The first kappa shape index (κ1) is 11.6. The molecule has 4 heterocycles. The Morgan fingerprint density at radius 3 is 3.15 bits per heavy atom. The molecule has 102 valence electrons. The second-order valence-corrected chi connectivity index (χ2v) is 4.63. The van der Waals surface area contributed by atoms with Gasteiger partial charge in [0, 0.05) is 30.9 Å². The van der Waals surface area contributed by atoms with E-state index in [2.05, 4.69) is 20.4 Å². The molecule has 1 aliphatic rings. The van der Waals surface area contributed by atoms with E-state index in [0.29, 0.717) is 24.1 Å². The topological polar surface area (TPSA) is 86.2 Å². The zero-order chi connectivity index (χ0) is 13.4. The summed E-state index contributed by atoms with van der Waals surface area (Å²) < 4.78 is 16.4. The van der Waals surface area contributed by atoms with Gasteiger partial charge < -0.3 is 19.0 Å². The third-order valence-electron chi connectivity index (χ3n) is 3.19. The van der Waals surface area contributed by atoms with Crippen LogP contribution in [0.4, 0.5) is 0 Å². The summed E-state index contributed by atoms with van der Waals surface area (Å²) in [5.74, 6) is 1.44. The molecule has 4 rings (SSSR count). The first-order valence-corrected chi connectivity index (χ1v) is 6.37. The molecule has 7 nitrogen and oxygen atoms in total. The Kier molecular flexibility index (Phi) is 2.71. The lowest BCUT2D eigenvalue weighted by molar-refractivity contribution is -0.00397. The number of nitrogens with one attached hydrogen (secondary N) is 1. The number of hydrogen-bond donors (Lipinski definition) is 1. The van der Waals surface area contributed by atoms with Crippen LogP contribution in [0.2, 0.25) is 0 Å². The van der Waals surface area contributed by atoms with Crippen LogP contribution in [0, 0.1) is 0 Å². The summed E-state index contributed by atoms with van der Waals surface area (Å²) >= 11 is 0. The molecule has 3 aromatic rings. The molecule has 0 atom stereocenters. The van der Waals surface area contributed by atoms with Crippen molar-refractivity contribution in [3.63, 3.8) is 0 Å². The zero-order valence-corrected chi connectivity index (χ0v) is 10.6. The number of fused-ring (bicyclic) bond motifs is 1. The highest BCUT2D eigenvalue weighted by Crippen LogP contribution is 2.25. The van der Waals surface area contributed by atoms with Crippen molar-refractivity contribution in [3.8, 4) is 11.6 Å². The fraction of sp³-hybridized carbons (Fsp3) is 0.308. The lowest BCUT2D eigenvalue weighted by Gasteiger charge is -2.26. The predicted molar refractivity (Wildman–Crippen MR) is 68.7 cm³/mol. The van der Waals surface area contributed by atoms with Gasteiger partial charge in [-0.2, -0.15) is 4.98 Å². The van der Waals surface area contributed by atoms with Crippen molar-refractivity contribution >= 4 is 11.0 Å². The summed E-state index contributed by atoms with van der Waals surface area (Å²) in [4.78, 5) is 8.31. The standard InChI is InChI=1S/C13H12N4O3/c1-2-14-4-8-3-11(19-10(1)8)13-16-12(20-17-13)7-18-9-5-15-6-9/h1-4,9,15H,5-7H2. The molecule has 1 N–H and O–H groups in total. The van der Waals surface area contributed by atoms with E-state index in [9.17, 15) is 0 Å². The Morgan fingerprint density at radius 1 is 1.40 bits per heavy atom. The molecule has 0 amide bonds. The Hall–Kier alpha value is -2.25. The van der Waals surface area contributed by atoms with Gasteiger partial charge in [-0.05, 0) is 12.1 Å². The van der Waals surface area contributed by atoms with Gasteiger partial charge in [0.1, 0.15) is 12.2 Å². The van der Waals surface area contributed by atoms with Crippen molar-refractivity contribution in [3.05, 3.63) is 30.4 Å². The first-order valence-electron chi connectivity index (χ1n) is 6.37. The highest BCUT2D eigenvalue weighted by atomic mass is 16.5. The molecule has 3 aromatic heterocycles. The molecule has 20 heavy (non-hydrogen) atoms. The van der Waals surface area contributed by atoms with E-state index in [1.54, 1.807) is 18.5 Å². The van der Waals surface area contributed by atoms with E-state index >= 15 is 0 Å². The van der Waals surface area contributed by atoms with E-state index in [0.717, 1.165) is 24.1 Å². The smallest absolute Gasteiger partial charge is 0.253 e. The summed E-state index contributed by atoms with van der Waals surface area (Å²) in [7, 11) is 0. The van der Waals surface area contributed by atoms with Crippen molar-refractivity contribution < 1.29 is 13.7 Å². The number of hydrogen-bond acceptors (Lipinski definition) is 7. The number of nitrogens with zero attached hydrogens (tertiary/aromatic N) is 3. The molecule has 7 heteroatoms. The zero-order valence-electron chi connectivity index (χ0n) is 10.6. The summed E-state index contributed by atoms with van der Waals surface area (Å²) in [5.41, 5.74) is 0.748. The minimum Gasteiger partial charge on any atom is -0.452 e. The van der Waals surface area contributed by atoms with E-state index in [4.69, 9.17) is 13.7 Å². The van der Waals surface area contributed by atoms with Crippen LogP contribution in [0.3, 0.4) is 0 Å². The monoisotopic (exact) mass is 272 g/mol. The number of aromatic nitrogens is 3. The van der Waals surface area contributed by atoms with E-state index < -0.39 is 0 Å². The van der Waals surface area contributed by atoms with Crippen molar-refractivity contribution in [1.29, 1.82) is 0 Å². The molecule has 0 aliphatic carbocycles. The maximum atomic E-state index is 5.65. The van der Waals surface area contributed by atoms with Crippen LogP contribution >= 0.6 is 0 Å². The molecule has 0 radical (unpaired) electrons. The Balaban J connectivity index is 1.54. The highest BCUT2D eigenvalue weighted by molar-refractivity contribution is 5.80. The highest BCUT2D eigenvalue weighted by Gasteiger charge is 2.19. The third kappa shape index (κ3) is 2.06. The van der Waals surface area contributed by atoms with Gasteiger partial charge in [0.2, 0.25) is 5.82 Å². The average Bonchev–Trinajstić information content (AvgIpc) is 3.02. The normalized spacial score (nSPS) is 15.6. The van der Waals surface area contributed by atoms with Gasteiger partial charge in [-0.25, -0.2) is 0 Å². The summed E-state index contributed by atoms with van der Waals surface area (Å²) in [6.07, 6.45) is 3.65. The van der Waals surface area contributed by atoms with Crippen molar-refractivity contribution in [1.82, 2.24) is 20.4 Å². The van der Waals surface area contributed by atoms with Crippen LogP contribution in [0.25, 0.3) is 22.6 Å². The van der Waals surface area contributed by atoms with E-state index in [1.807, 2.05) is 6.07 Å². The van der Waals surface area contributed by atoms with Gasteiger partial charge in [-0.3, -0.25) is 4.98 Å². The molecule has 0 unspecified atom stereocenters. The van der Waals surface area contributed by atoms with E-state index in [1.165, 1.54) is 0 Å². The van der Waals surface area contributed by atoms with Crippen LogP contribution < -0.4 is 5.32 Å². The Morgan fingerprint density at radius 2 is 2.35 bits per heavy atom. The SMILES string of the molecule is c1cc2oc(-c3noc(COC4CNC4)n3)cc2cn1. The van der Waals surface area contributed by atoms with Gasteiger partial charge in [0.15, 0.2) is 5.76 Å². The summed E-state index contributed by atoms with van der Waals surface area (Å²) in [5, 5.41) is 7.95. The lowest BCUT2D eigenvalue weighted by Crippen LogP contribution is -2.48. The number of pyridine rings is 1. The van der Waals surface area contributed by atoms with Gasteiger partial charge in [0.25, 0.3) is 5.89 Å². The lowest BCUT2D eigenvalue weighted by atomic mass is 10.2. The minimum absolute atomic E-state index is 0.239. The molecule has 0 saturated carbocycles. The van der Waals surface area contributed by atoms with Crippen LogP contribution in [0.5, 0.6) is 0 Å². The fourth-order valence-corrected chi connectivity index (χ4v) is 1.98. The van der Waals surface area contributed by atoms with Gasteiger partial charge in [-0.15, -0.1) is 0 Å².